The molecule has 0 heteroatoms. The van der Waals surface area contributed by atoms with E-state index in [1.165, 1.54) is 0 Å². The number of unbranched alkanes of at least 4 members (excludes halogenated alkanes) is 3. The van der Waals surface area contributed by atoms with Gasteiger partial charge in [0.1, 0.15) is 0 Å². The fourth-order valence-corrected chi connectivity index (χ4v) is 0.615. The summed E-state index contributed by atoms with van der Waals surface area (Å²) in [7, 11) is 0. The summed E-state index contributed by atoms with van der Waals surface area (Å²) in [4.78, 5) is 0. The van der Waals surface area contributed by atoms with Gasteiger partial charge in [-0.1, -0.05) is 12.8 Å². The molecule has 0 aromatic rings. The summed E-state index contributed by atoms with van der Waals surface area (Å²) in [6, 6.07) is 0. The predicted molar refractivity (Wildman–Crippen MR) is 45.1 cm³/mol. The van der Waals surface area contributed by atoms with Crippen molar-refractivity contribution in [1.82, 2.24) is 0 Å². The van der Waals surface area contributed by atoms with E-state index in [9.17, 15) is 0 Å². The molecular formula is C10H13. The molecule has 0 saturated heterocycles. The lowest BCUT2D eigenvalue weighted by atomic mass is 10.2. The zero-order valence-corrected chi connectivity index (χ0v) is 6.48. The third-order valence-corrected chi connectivity index (χ3v) is 1.12. The molecule has 0 bridgehead atoms. The number of rotatable bonds is 3. The molecule has 0 saturated carbocycles. The predicted octanol–water partition coefficient (Wildman–Crippen LogP) is 2.41. The second-order valence-corrected chi connectivity index (χ2v) is 2.02. The summed E-state index contributed by atoms with van der Waals surface area (Å²) in [5.41, 5.74) is 0. The lowest BCUT2D eigenvalue weighted by Crippen LogP contribution is -1.72. The van der Waals surface area contributed by atoms with Gasteiger partial charge in [0.2, 0.25) is 0 Å². The van der Waals surface area contributed by atoms with Crippen LogP contribution >= 0.6 is 0 Å². The van der Waals surface area contributed by atoms with E-state index in [1.807, 2.05) is 13.3 Å². The number of hydrogen-bond donors (Lipinski definition) is 0. The van der Waals surface area contributed by atoms with E-state index in [-0.39, 0.29) is 0 Å². The molecule has 0 atom stereocenters. The van der Waals surface area contributed by atoms with Crippen LogP contribution in [0.15, 0.2) is 0 Å². The van der Waals surface area contributed by atoms with Crippen molar-refractivity contribution in [1.29, 1.82) is 0 Å². The molecule has 0 aliphatic rings. The summed E-state index contributed by atoms with van der Waals surface area (Å²) < 4.78 is 0. The first-order valence-electron chi connectivity index (χ1n) is 3.61. The maximum atomic E-state index is 5.08. The number of hydrogen-bond acceptors (Lipinski definition) is 0. The highest BCUT2D eigenvalue weighted by atomic mass is 13.8. The molecule has 0 aromatic heterocycles. The third kappa shape index (κ3) is 7.12. The van der Waals surface area contributed by atoms with Crippen LogP contribution in [0.3, 0.4) is 0 Å². The Morgan fingerprint density at radius 1 is 1.30 bits per heavy atom. The van der Waals surface area contributed by atoms with Gasteiger partial charge in [0.25, 0.3) is 0 Å². The molecule has 0 aliphatic heterocycles. The van der Waals surface area contributed by atoms with Gasteiger partial charge in [-0.15, -0.1) is 18.3 Å². The lowest BCUT2D eigenvalue weighted by Gasteiger charge is -1.87. The smallest absolute Gasteiger partial charge is 0.0309 e. The standard InChI is InChI=1S/C10H13/c1-3-5-7-9-10-8-6-4-2/h1,4H,5,7,9-10H2,2H3. The fraction of sp³-hybridized carbons (Fsp3) is 0.500. The summed E-state index contributed by atoms with van der Waals surface area (Å²) in [6.45, 7) is 1.94. The maximum absolute atomic E-state index is 5.08. The van der Waals surface area contributed by atoms with Crippen LogP contribution in [0, 0.1) is 30.6 Å². The van der Waals surface area contributed by atoms with E-state index in [1.54, 1.807) is 0 Å². The highest BCUT2D eigenvalue weighted by Crippen LogP contribution is 1.96. The first kappa shape index (κ1) is 9.12. The van der Waals surface area contributed by atoms with Crippen LogP contribution < -0.4 is 0 Å². The van der Waals surface area contributed by atoms with Gasteiger partial charge in [0.15, 0.2) is 0 Å². The van der Waals surface area contributed by atoms with E-state index in [4.69, 9.17) is 6.42 Å². The molecular weight excluding hydrogens is 120 g/mol. The molecule has 0 amide bonds. The molecule has 0 fully saturated rings. The van der Waals surface area contributed by atoms with Crippen LogP contribution in [-0.2, 0) is 0 Å². The lowest BCUT2D eigenvalue weighted by molar-refractivity contribution is 0.783. The molecule has 1 radical (unpaired) electrons. The minimum atomic E-state index is 0.886. The van der Waals surface area contributed by atoms with Gasteiger partial charge in [-0.25, -0.2) is 0 Å². The van der Waals surface area contributed by atoms with Crippen molar-refractivity contribution >= 4 is 0 Å². The largest absolute Gasteiger partial charge is 0.120 e. The second-order valence-electron chi connectivity index (χ2n) is 2.02. The van der Waals surface area contributed by atoms with Crippen LogP contribution in [0.25, 0.3) is 0 Å². The Labute approximate surface area is 64.0 Å². The average Bonchev–Trinajstić information content (AvgIpc) is 1.97. The molecule has 0 nitrogen and oxygen atoms in total. The quantitative estimate of drug-likeness (QED) is 0.409. The normalized spacial score (nSPS) is 7.60. The first-order valence-corrected chi connectivity index (χ1v) is 3.61. The molecule has 0 unspecified atom stereocenters. The van der Waals surface area contributed by atoms with Gasteiger partial charge in [-0.3, -0.25) is 0 Å². The van der Waals surface area contributed by atoms with E-state index in [2.05, 4.69) is 17.8 Å². The van der Waals surface area contributed by atoms with Crippen molar-refractivity contribution in [3.63, 3.8) is 0 Å². The Hall–Kier alpha value is -0.880. The van der Waals surface area contributed by atoms with Crippen molar-refractivity contribution in [3.05, 3.63) is 6.42 Å². The molecule has 10 heavy (non-hydrogen) atoms. The second kappa shape index (κ2) is 8.12. The Morgan fingerprint density at radius 2 is 2.00 bits per heavy atom. The van der Waals surface area contributed by atoms with Crippen LogP contribution in [0.2, 0.25) is 0 Å². The van der Waals surface area contributed by atoms with Gasteiger partial charge in [0.05, 0.1) is 0 Å². The maximum Gasteiger partial charge on any atom is 0.0309 e. The number of terminal acetylenes is 1. The Balaban J connectivity index is 2.99. The van der Waals surface area contributed by atoms with Crippen molar-refractivity contribution in [2.45, 2.75) is 32.6 Å². The summed E-state index contributed by atoms with van der Waals surface area (Å²) >= 11 is 0. The van der Waals surface area contributed by atoms with Gasteiger partial charge in [0, 0.05) is 19.3 Å². The van der Waals surface area contributed by atoms with Crippen LogP contribution in [-0.4, -0.2) is 0 Å². The van der Waals surface area contributed by atoms with Crippen LogP contribution in [0.4, 0.5) is 0 Å². The Bertz CT molecular complexity index is 149. The zero-order valence-electron chi connectivity index (χ0n) is 6.48. The summed E-state index contributed by atoms with van der Waals surface area (Å²) in [5.74, 6) is 8.52. The summed E-state index contributed by atoms with van der Waals surface area (Å²) in [6.07, 6.45) is 11.0. The Kier molecular flexibility index (Phi) is 7.41. The minimum Gasteiger partial charge on any atom is -0.120 e. The molecule has 0 rings (SSSR count). The molecule has 0 heterocycles. The average molecular weight is 133 g/mol. The molecule has 0 spiro atoms. The topological polar surface area (TPSA) is 0 Å². The van der Waals surface area contributed by atoms with E-state index >= 15 is 0 Å². The molecule has 0 aliphatic carbocycles. The molecule has 53 valence electrons. The fourth-order valence-electron chi connectivity index (χ4n) is 0.615. The van der Waals surface area contributed by atoms with Gasteiger partial charge >= 0.3 is 0 Å². The molecule has 0 N–H and O–H groups in total. The molecule has 0 aromatic carbocycles. The minimum absolute atomic E-state index is 0.886. The summed E-state index contributed by atoms with van der Waals surface area (Å²) in [5, 5.41) is 0. The zero-order chi connectivity index (χ0) is 7.66. The van der Waals surface area contributed by atoms with E-state index < -0.39 is 0 Å². The van der Waals surface area contributed by atoms with Crippen molar-refractivity contribution in [2.75, 3.05) is 0 Å². The van der Waals surface area contributed by atoms with Crippen molar-refractivity contribution in [2.24, 2.45) is 0 Å². The van der Waals surface area contributed by atoms with Crippen molar-refractivity contribution in [3.8, 4) is 24.2 Å². The van der Waals surface area contributed by atoms with Gasteiger partial charge in [-0.05, 0) is 12.8 Å². The van der Waals surface area contributed by atoms with Gasteiger partial charge < -0.3 is 0 Å². The van der Waals surface area contributed by atoms with E-state index in [0.29, 0.717) is 0 Å². The van der Waals surface area contributed by atoms with Gasteiger partial charge in [-0.2, -0.15) is 0 Å². The monoisotopic (exact) mass is 133 g/mol. The highest BCUT2D eigenvalue weighted by Gasteiger charge is 1.80. The van der Waals surface area contributed by atoms with E-state index in [0.717, 1.165) is 25.7 Å². The van der Waals surface area contributed by atoms with Crippen LogP contribution in [0.1, 0.15) is 32.6 Å². The van der Waals surface area contributed by atoms with Crippen molar-refractivity contribution < 1.29 is 0 Å². The SMILES string of the molecule is C#CCCCCC#C[CH]C. The first-order chi connectivity index (χ1) is 4.91. The van der Waals surface area contributed by atoms with Crippen LogP contribution in [0.5, 0.6) is 0 Å². The highest BCUT2D eigenvalue weighted by molar-refractivity contribution is 5.07. The Morgan fingerprint density at radius 3 is 2.60 bits per heavy atom. The third-order valence-electron chi connectivity index (χ3n) is 1.12.